The Morgan fingerprint density at radius 3 is 2.77 bits per heavy atom. The fourth-order valence-corrected chi connectivity index (χ4v) is 2.90. The number of carbonyl (C=O) groups is 1. The highest BCUT2D eigenvalue weighted by molar-refractivity contribution is 5.94. The molecule has 0 bridgehead atoms. The van der Waals surface area contributed by atoms with Gasteiger partial charge in [-0.2, -0.15) is 0 Å². The van der Waals surface area contributed by atoms with Crippen LogP contribution in [0.2, 0.25) is 0 Å². The van der Waals surface area contributed by atoms with Gasteiger partial charge in [0.2, 0.25) is 5.91 Å². The molecule has 2 aliphatic rings. The molecule has 0 radical (unpaired) electrons. The van der Waals surface area contributed by atoms with E-state index in [2.05, 4.69) is 10.6 Å². The highest BCUT2D eigenvalue weighted by Crippen LogP contribution is 2.19. The van der Waals surface area contributed by atoms with Gasteiger partial charge in [0.05, 0.1) is 12.1 Å². The normalized spacial score (nSPS) is 24.9. The number of hydrogen-bond acceptors (Lipinski definition) is 4. The smallest absolute Gasteiger partial charge is 0.241 e. The van der Waals surface area contributed by atoms with Crippen LogP contribution < -0.4 is 15.4 Å². The van der Waals surface area contributed by atoms with E-state index in [1.54, 1.807) is 0 Å². The molecule has 120 valence electrons. The van der Waals surface area contributed by atoms with Crippen molar-refractivity contribution >= 4 is 11.6 Å². The molecule has 0 aromatic heterocycles. The quantitative estimate of drug-likeness (QED) is 0.876. The Kier molecular flexibility index (Phi) is 5.29. The molecule has 2 saturated heterocycles. The molecule has 2 aliphatic heterocycles. The van der Waals surface area contributed by atoms with Gasteiger partial charge in [-0.1, -0.05) is 6.42 Å². The molecular formula is C17H24N2O3. The molecule has 0 spiro atoms. The van der Waals surface area contributed by atoms with Gasteiger partial charge in [0.25, 0.3) is 0 Å². The van der Waals surface area contributed by atoms with Crippen molar-refractivity contribution in [3.05, 3.63) is 24.3 Å². The summed E-state index contributed by atoms with van der Waals surface area (Å²) in [6.45, 7) is 2.36. The van der Waals surface area contributed by atoms with E-state index in [9.17, 15) is 4.79 Å². The van der Waals surface area contributed by atoms with E-state index in [1.165, 1.54) is 0 Å². The van der Waals surface area contributed by atoms with Gasteiger partial charge < -0.3 is 20.1 Å². The lowest BCUT2D eigenvalue weighted by atomic mass is 10.0. The minimum Gasteiger partial charge on any atom is -0.491 e. The molecular weight excluding hydrogens is 280 g/mol. The molecule has 2 fully saturated rings. The van der Waals surface area contributed by atoms with Crippen LogP contribution in [0.1, 0.15) is 32.1 Å². The van der Waals surface area contributed by atoms with Crippen LogP contribution >= 0.6 is 0 Å². The molecule has 1 aromatic carbocycles. The molecule has 1 aromatic rings. The number of hydrogen-bond donors (Lipinski definition) is 2. The Morgan fingerprint density at radius 1 is 1.23 bits per heavy atom. The first-order chi connectivity index (χ1) is 10.8. The van der Waals surface area contributed by atoms with Crippen LogP contribution in [-0.4, -0.2) is 37.8 Å². The number of carbonyl (C=O) groups excluding carboxylic acids is 1. The van der Waals surface area contributed by atoms with Crippen molar-refractivity contribution in [2.45, 2.75) is 44.2 Å². The summed E-state index contributed by atoms with van der Waals surface area (Å²) in [6.07, 6.45) is 5.59. The summed E-state index contributed by atoms with van der Waals surface area (Å²) in [4.78, 5) is 12.1. The maximum atomic E-state index is 12.1. The maximum absolute atomic E-state index is 12.1. The third-order valence-electron chi connectivity index (χ3n) is 4.21. The van der Waals surface area contributed by atoms with Crippen LogP contribution in [0.3, 0.4) is 0 Å². The Hall–Kier alpha value is -1.59. The van der Waals surface area contributed by atoms with E-state index in [-0.39, 0.29) is 18.1 Å². The lowest BCUT2D eigenvalue weighted by Crippen LogP contribution is -2.43. The van der Waals surface area contributed by atoms with E-state index < -0.39 is 0 Å². The minimum absolute atomic E-state index is 0.0488. The van der Waals surface area contributed by atoms with Crippen LogP contribution in [0.4, 0.5) is 5.69 Å². The maximum Gasteiger partial charge on any atom is 0.241 e. The fraction of sp³-hybridized carbons (Fsp3) is 0.588. The molecule has 5 nitrogen and oxygen atoms in total. The molecule has 2 N–H and O–H groups in total. The van der Waals surface area contributed by atoms with Gasteiger partial charge in [-0.3, -0.25) is 4.79 Å². The van der Waals surface area contributed by atoms with Gasteiger partial charge in [-0.05, 0) is 56.5 Å². The number of anilines is 1. The van der Waals surface area contributed by atoms with E-state index in [4.69, 9.17) is 9.47 Å². The number of amides is 1. The second-order valence-corrected chi connectivity index (χ2v) is 5.96. The van der Waals surface area contributed by atoms with Crippen molar-refractivity contribution in [2.75, 3.05) is 25.1 Å². The first kappa shape index (κ1) is 15.3. The standard InChI is InChI=1S/C17H24N2O3/c20-17(16-5-1-2-10-18-16)19-13-6-8-14(9-7-13)22-12-15-4-3-11-21-15/h6-9,15-16,18H,1-5,10-12H2,(H,19,20). The topological polar surface area (TPSA) is 59.6 Å². The summed E-state index contributed by atoms with van der Waals surface area (Å²) >= 11 is 0. The molecule has 0 aliphatic carbocycles. The minimum atomic E-state index is -0.0656. The molecule has 2 unspecified atom stereocenters. The largest absolute Gasteiger partial charge is 0.491 e. The van der Waals surface area contributed by atoms with Gasteiger partial charge >= 0.3 is 0 Å². The predicted octanol–water partition coefficient (Wildman–Crippen LogP) is 2.33. The summed E-state index contributed by atoms with van der Waals surface area (Å²) < 4.78 is 11.2. The predicted molar refractivity (Wildman–Crippen MR) is 85.2 cm³/mol. The van der Waals surface area contributed by atoms with Crippen molar-refractivity contribution in [3.8, 4) is 5.75 Å². The van der Waals surface area contributed by atoms with Gasteiger partial charge in [0, 0.05) is 12.3 Å². The lowest BCUT2D eigenvalue weighted by Gasteiger charge is -2.22. The summed E-state index contributed by atoms with van der Waals surface area (Å²) in [5.74, 6) is 0.858. The van der Waals surface area contributed by atoms with Gasteiger partial charge in [0.15, 0.2) is 0 Å². The van der Waals surface area contributed by atoms with E-state index in [1.807, 2.05) is 24.3 Å². The number of rotatable bonds is 5. The summed E-state index contributed by atoms with van der Waals surface area (Å²) in [6, 6.07) is 7.47. The van der Waals surface area contributed by atoms with Gasteiger partial charge in [-0.15, -0.1) is 0 Å². The van der Waals surface area contributed by atoms with Crippen LogP contribution in [0, 0.1) is 0 Å². The van der Waals surface area contributed by atoms with Crippen LogP contribution in [0.25, 0.3) is 0 Å². The highest BCUT2D eigenvalue weighted by Gasteiger charge is 2.20. The molecule has 0 saturated carbocycles. The Balaban J connectivity index is 1.47. The molecule has 2 atom stereocenters. The highest BCUT2D eigenvalue weighted by atomic mass is 16.5. The third-order valence-corrected chi connectivity index (χ3v) is 4.21. The zero-order chi connectivity index (χ0) is 15.2. The number of nitrogens with one attached hydrogen (secondary N) is 2. The zero-order valence-corrected chi connectivity index (χ0v) is 12.8. The average molecular weight is 304 g/mol. The fourth-order valence-electron chi connectivity index (χ4n) is 2.90. The SMILES string of the molecule is O=C(Nc1ccc(OCC2CCCO2)cc1)C1CCCCN1. The molecule has 2 heterocycles. The van der Waals surface area contributed by atoms with E-state index in [0.717, 1.165) is 56.7 Å². The van der Waals surface area contributed by atoms with Crippen molar-refractivity contribution < 1.29 is 14.3 Å². The van der Waals surface area contributed by atoms with Crippen molar-refractivity contribution in [1.82, 2.24) is 5.32 Å². The number of benzene rings is 1. The van der Waals surface area contributed by atoms with Crippen molar-refractivity contribution in [1.29, 1.82) is 0 Å². The summed E-state index contributed by atoms with van der Waals surface area (Å²) in [5, 5.41) is 6.21. The molecule has 1 amide bonds. The van der Waals surface area contributed by atoms with Crippen LogP contribution in [-0.2, 0) is 9.53 Å². The molecule has 3 rings (SSSR count). The Bertz CT molecular complexity index is 477. The van der Waals surface area contributed by atoms with E-state index in [0.29, 0.717) is 6.61 Å². The first-order valence-electron chi connectivity index (χ1n) is 8.20. The Morgan fingerprint density at radius 2 is 2.09 bits per heavy atom. The average Bonchev–Trinajstić information content (AvgIpc) is 3.08. The number of ether oxygens (including phenoxy) is 2. The van der Waals surface area contributed by atoms with E-state index >= 15 is 0 Å². The van der Waals surface area contributed by atoms with Gasteiger partial charge in [-0.25, -0.2) is 0 Å². The lowest BCUT2D eigenvalue weighted by molar-refractivity contribution is -0.118. The first-order valence-corrected chi connectivity index (χ1v) is 8.20. The van der Waals surface area contributed by atoms with Gasteiger partial charge in [0.1, 0.15) is 12.4 Å². The van der Waals surface area contributed by atoms with Crippen LogP contribution in [0.15, 0.2) is 24.3 Å². The summed E-state index contributed by atoms with van der Waals surface area (Å²) in [7, 11) is 0. The molecule has 22 heavy (non-hydrogen) atoms. The zero-order valence-electron chi connectivity index (χ0n) is 12.8. The second kappa shape index (κ2) is 7.61. The second-order valence-electron chi connectivity index (χ2n) is 5.96. The van der Waals surface area contributed by atoms with Crippen LogP contribution in [0.5, 0.6) is 5.75 Å². The summed E-state index contributed by atoms with van der Waals surface area (Å²) in [5.41, 5.74) is 0.807. The number of piperidine rings is 1. The van der Waals surface area contributed by atoms with Crippen molar-refractivity contribution in [2.24, 2.45) is 0 Å². The molecule has 5 heteroatoms. The third kappa shape index (κ3) is 4.21. The Labute approximate surface area is 131 Å². The monoisotopic (exact) mass is 304 g/mol. The van der Waals surface area contributed by atoms with Crippen molar-refractivity contribution in [3.63, 3.8) is 0 Å².